The molecule has 19 nitrogen and oxygen atoms in total. The number of thiazole rings is 1. The zero-order valence-electron chi connectivity index (χ0n) is 20.9. The maximum atomic E-state index is 12.8. The normalized spacial score (nSPS) is 15.5. The maximum absolute atomic E-state index is 12.8. The molecule has 9 N–H and O–H groups in total. The third-order valence-corrected chi connectivity index (χ3v) is 6.59. The number of amides is 5. The SMILES string of the molecule is CC(C)(O/N=C(\C(=O)NC1CN(C(=O)NS(=O)(=O)NNC(=O)c2ccc(O)c(O)c2)C1=O)c1csc(N)n1)C(=O)O. The van der Waals surface area contributed by atoms with Crippen LogP contribution in [0, 0.1) is 0 Å². The molecule has 0 saturated carbocycles. The van der Waals surface area contributed by atoms with E-state index in [1.54, 1.807) is 10.3 Å². The highest BCUT2D eigenvalue weighted by Crippen LogP contribution is 2.24. The van der Waals surface area contributed by atoms with Gasteiger partial charge in [0, 0.05) is 10.9 Å². The number of likely N-dealkylation sites (tertiary alicyclic amines) is 1. The number of benzene rings is 1. The zero-order chi connectivity index (χ0) is 30.7. The van der Waals surface area contributed by atoms with Gasteiger partial charge in [-0.05, 0) is 32.0 Å². The number of rotatable bonds is 10. The first-order valence-corrected chi connectivity index (χ1v) is 13.4. The molecule has 5 amide bonds. The van der Waals surface area contributed by atoms with Crippen LogP contribution in [0.3, 0.4) is 0 Å². The summed E-state index contributed by atoms with van der Waals surface area (Å²) in [4.78, 5) is 71.7. The number of hydrazine groups is 1. The van der Waals surface area contributed by atoms with E-state index in [2.05, 4.69) is 15.5 Å². The van der Waals surface area contributed by atoms with Crippen molar-refractivity contribution in [1.29, 1.82) is 0 Å². The largest absolute Gasteiger partial charge is 0.504 e. The van der Waals surface area contributed by atoms with E-state index in [0.717, 1.165) is 29.5 Å². The van der Waals surface area contributed by atoms with Crippen LogP contribution < -0.4 is 26.0 Å². The molecule has 1 atom stereocenters. The Kier molecular flexibility index (Phi) is 8.64. The number of aromatic hydroxyl groups is 2. The highest BCUT2D eigenvalue weighted by atomic mass is 32.2. The molecule has 1 aliphatic heterocycles. The lowest BCUT2D eigenvalue weighted by atomic mass is 10.1. The van der Waals surface area contributed by atoms with Crippen molar-refractivity contribution in [1.82, 2.24) is 30.2 Å². The molecule has 0 aliphatic carbocycles. The molecule has 1 unspecified atom stereocenters. The number of phenols is 2. The number of oxime groups is 1. The number of carboxylic acids is 1. The van der Waals surface area contributed by atoms with Crippen molar-refractivity contribution >= 4 is 62.1 Å². The second kappa shape index (κ2) is 11.6. The minimum Gasteiger partial charge on any atom is -0.504 e. The number of carbonyl (C=O) groups excluding carboxylic acids is 4. The molecular formula is C20H22N8O11S2. The fraction of sp³-hybridized carbons (Fsp3) is 0.250. The van der Waals surface area contributed by atoms with Gasteiger partial charge in [-0.15, -0.1) is 16.2 Å². The number of imide groups is 1. The number of nitrogens with two attached hydrogens (primary N) is 1. The third-order valence-electron chi connectivity index (χ3n) is 5.10. The van der Waals surface area contributed by atoms with Crippen molar-refractivity contribution in [3.63, 3.8) is 0 Å². The van der Waals surface area contributed by atoms with Crippen molar-refractivity contribution in [2.75, 3.05) is 12.3 Å². The van der Waals surface area contributed by atoms with E-state index in [-0.39, 0.29) is 16.4 Å². The van der Waals surface area contributed by atoms with Crippen LogP contribution in [0.1, 0.15) is 29.9 Å². The van der Waals surface area contributed by atoms with Crippen LogP contribution in [0.4, 0.5) is 9.93 Å². The Hall–Kier alpha value is -5.02. The fourth-order valence-electron chi connectivity index (χ4n) is 2.79. The second-order valence-electron chi connectivity index (χ2n) is 8.56. The van der Waals surface area contributed by atoms with Crippen molar-refractivity contribution in [3.8, 4) is 11.5 Å². The summed E-state index contributed by atoms with van der Waals surface area (Å²) in [6.45, 7) is 1.86. The minimum absolute atomic E-state index is 0.0489. The van der Waals surface area contributed by atoms with Crippen LogP contribution >= 0.6 is 11.3 Å². The molecular weight excluding hydrogens is 592 g/mol. The van der Waals surface area contributed by atoms with Crippen LogP contribution in [0.2, 0.25) is 0 Å². The summed E-state index contributed by atoms with van der Waals surface area (Å²) in [6.07, 6.45) is 0. The smallest absolute Gasteiger partial charge is 0.350 e. The lowest BCUT2D eigenvalue weighted by Gasteiger charge is -2.36. The number of β-lactam (4-membered cyclic amide) rings is 1. The van der Waals surface area contributed by atoms with Crippen molar-refractivity contribution < 1.29 is 52.5 Å². The van der Waals surface area contributed by atoms with E-state index in [9.17, 15) is 47.7 Å². The molecule has 1 saturated heterocycles. The summed E-state index contributed by atoms with van der Waals surface area (Å²) in [5.41, 5.74) is 4.64. The Morgan fingerprint density at radius 2 is 1.90 bits per heavy atom. The summed E-state index contributed by atoms with van der Waals surface area (Å²) in [6, 6.07) is 0.180. The molecule has 0 spiro atoms. The first-order chi connectivity index (χ1) is 19.0. The lowest BCUT2D eigenvalue weighted by Crippen LogP contribution is -2.68. The van der Waals surface area contributed by atoms with Crippen LogP contribution in [0.25, 0.3) is 0 Å². The van der Waals surface area contributed by atoms with E-state index >= 15 is 0 Å². The third kappa shape index (κ3) is 7.34. The highest BCUT2D eigenvalue weighted by Gasteiger charge is 2.43. The Bertz CT molecular complexity index is 1550. The Morgan fingerprint density at radius 3 is 2.46 bits per heavy atom. The molecule has 0 radical (unpaired) electrons. The monoisotopic (exact) mass is 614 g/mol. The number of aliphatic carboxylic acids is 1. The van der Waals surface area contributed by atoms with Gasteiger partial charge in [-0.1, -0.05) is 5.16 Å². The van der Waals surface area contributed by atoms with Gasteiger partial charge in [-0.3, -0.25) is 24.7 Å². The summed E-state index contributed by atoms with van der Waals surface area (Å²) >= 11 is 0.940. The van der Waals surface area contributed by atoms with E-state index < -0.39 is 75.3 Å². The van der Waals surface area contributed by atoms with Crippen LogP contribution in [-0.4, -0.2) is 87.2 Å². The number of urea groups is 1. The molecule has 1 aliphatic rings. The van der Waals surface area contributed by atoms with Crippen molar-refractivity contribution in [2.45, 2.75) is 25.5 Å². The summed E-state index contributed by atoms with van der Waals surface area (Å²) < 4.78 is 25.7. The second-order valence-corrected chi connectivity index (χ2v) is 10.9. The van der Waals surface area contributed by atoms with Gasteiger partial charge < -0.3 is 31.2 Å². The molecule has 1 fully saturated rings. The number of phenolic OH excluding ortho intramolecular Hbond substituents is 2. The molecule has 1 aromatic carbocycles. The first-order valence-electron chi connectivity index (χ1n) is 11.0. The molecule has 0 bridgehead atoms. The molecule has 21 heteroatoms. The average Bonchev–Trinajstić information content (AvgIpc) is 3.31. The van der Waals surface area contributed by atoms with Crippen LogP contribution in [-0.2, 0) is 29.4 Å². The van der Waals surface area contributed by atoms with Gasteiger partial charge in [-0.2, -0.15) is 8.42 Å². The predicted molar refractivity (Wildman–Crippen MR) is 137 cm³/mol. The topological polar surface area (TPSA) is 292 Å². The summed E-state index contributed by atoms with van der Waals surface area (Å²) in [7, 11) is -4.74. The Labute approximate surface area is 234 Å². The number of hydrogen-bond donors (Lipinski definition) is 8. The van der Waals surface area contributed by atoms with Gasteiger partial charge in [-0.25, -0.2) is 19.3 Å². The number of anilines is 1. The lowest BCUT2D eigenvalue weighted by molar-refractivity contribution is -0.161. The van der Waals surface area contributed by atoms with Gasteiger partial charge >= 0.3 is 22.2 Å². The zero-order valence-corrected chi connectivity index (χ0v) is 22.6. The fourth-order valence-corrected chi connectivity index (χ4v) is 3.95. The highest BCUT2D eigenvalue weighted by molar-refractivity contribution is 7.88. The van der Waals surface area contributed by atoms with Gasteiger partial charge in [0.05, 0.1) is 6.54 Å². The van der Waals surface area contributed by atoms with E-state index in [4.69, 9.17) is 10.6 Å². The molecule has 220 valence electrons. The number of hydrogen-bond acceptors (Lipinski definition) is 14. The number of nitrogen functional groups attached to an aromatic ring is 1. The summed E-state index contributed by atoms with van der Waals surface area (Å²) in [5, 5.41) is 35.1. The molecule has 1 aromatic heterocycles. The van der Waals surface area contributed by atoms with Gasteiger partial charge in [0.25, 0.3) is 17.7 Å². The Morgan fingerprint density at radius 1 is 1.22 bits per heavy atom. The number of nitrogens with one attached hydrogen (secondary N) is 4. The molecule has 3 rings (SSSR count). The Balaban J connectivity index is 1.59. The number of aromatic nitrogens is 1. The standard InChI is InChI=1S/C20H22N8O11S2/c1-20(2,17(34)35)39-25-13(10-7-40-18(21)23-10)15(32)22-9-6-28(16(9)33)19(36)26-41(37,38)27-24-14(31)8-3-4-11(29)12(30)5-8/h3-5,7,9,27,29-30H,6H2,1-2H3,(H2,21,23)(H,22,32)(H,24,31)(H,26,36)(H,34,35)/b25-13-. The number of nitrogens with zero attached hydrogens (tertiary/aromatic N) is 3. The molecule has 2 aromatic rings. The van der Waals surface area contributed by atoms with Gasteiger partial charge in [0.1, 0.15) is 11.7 Å². The average molecular weight is 615 g/mol. The van der Waals surface area contributed by atoms with Crippen molar-refractivity contribution in [3.05, 3.63) is 34.8 Å². The van der Waals surface area contributed by atoms with E-state index in [1.165, 1.54) is 23.9 Å². The van der Waals surface area contributed by atoms with Crippen molar-refractivity contribution in [2.24, 2.45) is 5.16 Å². The molecule has 41 heavy (non-hydrogen) atoms. The summed E-state index contributed by atoms with van der Waals surface area (Å²) in [5.74, 6) is -5.66. The predicted octanol–water partition coefficient (Wildman–Crippen LogP) is -2.06. The van der Waals surface area contributed by atoms with Crippen LogP contribution in [0.15, 0.2) is 28.7 Å². The number of carbonyl (C=O) groups is 5. The van der Waals surface area contributed by atoms with E-state index in [0.29, 0.717) is 4.90 Å². The van der Waals surface area contributed by atoms with E-state index in [1.807, 2.05) is 0 Å². The maximum Gasteiger partial charge on any atom is 0.350 e. The first kappa shape index (κ1) is 30.5. The van der Waals surface area contributed by atoms with Crippen LogP contribution in [0.5, 0.6) is 11.5 Å². The molecule has 2 heterocycles. The van der Waals surface area contributed by atoms with Gasteiger partial charge in [0.15, 0.2) is 22.3 Å². The quantitative estimate of drug-likeness (QED) is 0.0619. The minimum atomic E-state index is -4.74. The van der Waals surface area contributed by atoms with Gasteiger partial charge in [0.2, 0.25) is 5.60 Å². The number of carboxylic acid groups (broad SMARTS) is 1.